The Kier molecular flexibility index (Phi) is 4.47. The molecule has 0 unspecified atom stereocenters. The lowest BCUT2D eigenvalue weighted by atomic mass is 10.1. The van der Waals surface area contributed by atoms with Gasteiger partial charge >= 0.3 is 5.97 Å². The SMILES string of the molecule is CN(C)CCCOc1ncnc2cc(C(=O)O)ccc12. The summed E-state index contributed by atoms with van der Waals surface area (Å²) in [5.41, 5.74) is 0.775. The zero-order valence-electron chi connectivity index (χ0n) is 11.5. The van der Waals surface area contributed by atoms with Crippen LogP contribution < -0.4 is 4.74 Å². The Balaban J connectivity index is 2.15. The summed E-state index contributed by atoms with van der Waals surface area (Å²) in [5, 5.41) is 9.68. The summed E-state index contributed by atoms with van der Waals surface area (Å²) in [6.07, 6.45) is 2.28. The van der Waals surface area contributed by atoms with Crippen molar-refractivity contribution in [2.24, 2.45) is 0 Å². The molecule has 0 aliphatic heterocycles. The summed E-state index contributed by atoms with van der Waals surface area (Å²) < 4.78 is 5.64. The molecule has 0 bridgehead atoms. The molecule has 1 aromatic carbocycles. The first-order valence-electron chi connectivity index (χ1n) is 6.33. The van der Waals surface area contributed by atoms with Crippen LogP contribution in [0, 0.1) is 0 Å². The summed E-state index contributed by atoms with van der Waals surface area (Å²) in [6.45, 7) is 1.50. The number of ether oxygens (including phenoxy) is 1. The summed E-state index contributed by atoms with van der Waals surface area (Å²) in [5.74, 6) is -0.482. The van der Waals surface area contributed by atoms with Gasteiger partial charge in [-0.15, -0.1) is 0 Å². The van der Waals surface area contributed by atoms with E-state index >= 15 is 0 Å². The molecule has 0 spiro atoms. The van der Waals surface area contributed by atoms with Crippen LogP contribution in [0.3, 0.4) is 0 Å². The Morgan fingerprint density at radius 2 is 2.15 bits per heavy atom. The Morgan fingerprint density at radius 3 is 2.85 bits per heavy atom. The number of aromatic nitrogens is 2. The number of aromatic carboxylic acids is 1. The van der Waals surface area contributed by atoms with Crippen LogP contribution in [0.4, 0.5) is 0 Å². The molecular formula is C14H17N3O3. The Labute approximate surface area is 117 Å². The highest BCUT2D eigenvalue weighted by Crippen LogP contribution is 2.22. The molecule has 0 saturated carbocycles. The number of nitrogens with zero attached hydrogens (tertiary/aromatic N) is 3. The van der Waals surface area contributed by atoms with Crippen molar-refractivity contribution in [2.75, 3.05) is 27.2 Å². The molecule has 0 radical (unpaired) electrons. The van der Waals surface area contributed by atoms with Gasteiger partial charge in [0.15, 0.2) is 0 Å². The van der Waals surface area contributed by atoms with Gasteiger partial charge in [0.25, 0.3) is 0 Å². The molecule has 0 aliphatic rings. The second kappa shape index (κ2) is 6.29. The van der Waals surface area contributed by atoms with Crippen LogP contribution in [0.5, 0.6) is 5.88 Å². The third kappa shape index (κ3) is 3.42. The largest absolute Gasteiger partial charge is 0.478 e. The van der Waals surface area contributed by atoms with Crippen molar-refractivity contribution < 1.29 is 14.6 Å². The number of benzene rings is 1. The highest BCUT2D eigenvalue weighted by Gasteiger charge is 2.09. The number of hydrogen-bond donors (Lipinski definition) is 1. The second-order valence-electron chi connectivity index (χ2n) is 4.72. The van der Waals surface area contributed by atoms with Gasteiger partial charge in [-0.05, 0) is 38.7 Å². The molecule has 0 aliphatic carbocycles. The van der Waals surface area contributed by atoms with Crippen LogP contribution in [-0.2, 0) is 0 Å². The maximum absolute atomic E-state index is 10.9. The monoisotopic (exact) mass is 275 g/mol. The minimum atomic E-state index is -0.973. The van der Waals surface area contributed by atoms with Gasteiger partial charge in [0, 0.05) is 6.54 Å². The molecule has 2 aromatic rings. The maximum Gasteiger partial charge on any atom is 0.335 e. The number of carboxylic acid groups (broad SMARTS) is 1. The Hall–Kier alpha value is -2.21. The van der Waals surface area contributed by atoms with E-state index in [-0.39, 0.29) is 5.56 Å². The van der Waals surface area contributed by atoms with Crippen molar-refractivity contribution in [3.8, 4) is 5.88 Å². The molecule has 0 atom stereocenters. The molecule has 6 nitrogen and oxygen atoms in total. The van der Waals surface area contributed by atoms with E-state index in [1.807, 2.05) is 14.1 Å². The highest BCUT2D eigenvalue weighted by molar-refractivity contribution is 5.94. The summed E-state index contributed by atoms with van der Waals surface area (Å²) in [6, 6.07) is 4.73. The zero-order chi connectivity index (χ0) is 14.5. The van der Waals surface area contributed by atoms with Crippen LogP contribution in [0.15, 0.2) is 24.5 Å². The average molecular weight is 275 g/mol. The molecule has 0 amide bonds. The van der Waals surface area contributed by atoms with Gasteiger partial charge in [0.1, 0.15) is 6.33 Å². The summed E-state index contributed by atoms with van der Waals surface area (Å²) in [4.78, 5) is 21.2. The van der Waals surface area contributed by atoms with Crippen LogP contribution >= 0.6 is 0 Å². The molecule has 1 N–H and O–H groups in total. The fourth-order valence-electron chi connectivity index (χ4n) is 1.83. The summed E-state index contributed by atoms with van der Waals surface area (Å²) >= 11 is 0. The molecule has 0 fully saturated rings. The topological polar surface area (TPSA) is 75.5 Å². The summed E-state index contributed by atoms with van der Waals surface area (Å²) in [7, 11) is 4.01. The molecule has 2 rings (SSSR count). The van der Waals surface area contributed by atoms with Crippen molar-refractivity contribution in [1.82, 2.24) is 14.9 Å². The Bertz CT molecular complexity index is 614. The number of hydrogen-bond acceptors (Lipinski definition) is 5. The van der Waals surface area contributed by atoms with E-state index in [4.69, 9.17) is 9.84 Å². The second-order valence-corrected chi connectivity index (χ2v) is 4.72. The molecule has 106 valence electrons. The van der Waals surface area contributed by atoms with Crippen molar-refractivity contribution in [2.45, 2.75) is 6.42 Å². The van der Waals surface area contributed by atoms with E-state index in [0.29, 0.717) is 18.0 Å². The molecule has 6 heteroatoms. The Morgan fingerprint density at radius 1 is 1.35 bits per heavy atom. The van der Waals surface area contributed by atoms with Gasteiger partial charge < -0.3 is 14.7 Å². The van der Waals surface area contributed by atoms with E-state index < -0.39 is 5.97 Å². The van der Waals surface area contributed by atoms with Gasteiger partial charge in [-0.3, -0.25) is 0 Å². The fraction of sp³-hybridized carbons (Fsp3) is 0.357. The molecule has 20 heavy (non-hydrogen) atoms. The van der Waals surface area contributed by atoms with E-state index in [1.54, 1.807) is 6.07 Å². The first kappa shape index (κ1) is 14.2. The highest BCUT2D eigenvalue weighted by atomic mass is 16.5. The molecule has 0 saturated heterocycles. The number of rotatable bonds is 6. The standard InChI is InChI=1S/C14H17N3O3/c1-17(2)6-3-7-20-13-11-5-4-10(14(18)19)8-12(11)15-9-16-13/h4-5,8-9H,3,6-7H2,1-2H3,(H,18,19). The molecule has 1 heterocycles. The van der Waals surface area contributed by atoms with Crippen molar-refractivity contribution in [3.63, 3.8) is 0 Å². The van der Waals surface area contributed by atoms with E-state index in [1.165, 1.54) is 18.5 Å². The predicted molar refractivity (Wildman–Crippen MR) is 75.2 cm³/mol. The van der Waals surface area contributed by atoms with Crippen molar-refractivity contribution in [1.29, 1.82) is 0 Å². The predicted octanol–water partition coefficient (Wildman–Crippen LogP) is 1.66. The van der Waals surface area contributed by atoms with Crippen molar-refractivity contribution in [3.05, 3.63) is 30.1 Å². The lowest BCUT2D eigenvalue weighted by Gasteiger charge is -2.11. The normalized spacial score (nSPS) is 10.9. The molecular weight excluding hydrogens is 258 g/mol. The van der Waals surface area contributed by atoms with E-state index in [0.717, 1.165) is 18.4 Å². The number of fused-ring (bicyclic) bond motifs is 1. The van der Waals surface area contributed by atoms with Gasteiger partial charge in [-0.1, -0.05) is 0 Å². The zero-order valence-corrected chi connectivity index (χ0v) is 11.5. The van der Waals surface area contributed by atoms with E-state index in [9.17, 15) is 4.79 Å². The fourth-order valence-corrected chi connectivity index (χ4v) is 1.83. The van der Waals surface area contributed by atoms with Gasteiger partial charge in [-0.2, -0.15) is 0 Å². The first-order chi connectivity index (χ1) is 9.58. The van der Waals surface area contributed by atoms with Gasteiger partial charge in [0.05, 0.1) is 23.1 Å². The third-order valence-corrected chi connectivity index (χ3v) is 2.84. The quantitative estimate of drug-likeness (QED) is 0.808. The van der Waals surface area contributed by atoms with Crippen LogP contribution in [0.25, 0.3) is 10.9 Å². The van der Waals surface area contributed by atoms with E-state index in [2.05, 4.69) is 14.9 Å². The van der Waals surface area contributed by atoms with Crippen LogP contribution in [-0.4, -0.2) is 53.2 Å². The van der Waals surface area contributed by atoms with Crippen molar-refractivity contribution >= 4 is 16.9 Å². The first-order valence-corrected chi connectivity index (χ1v) is 6.33. The lowest BCUT2D eigenvalue weighted by molar-refractivity contribution is 0.0697. The smallest absolute Gasteiger partial charge is 0.335 e. The average Bonchev–Trinajstić information content (AvgIpc) is 2.42. The van der Waals surface area contributed by atoms with Crippen LogP contribution in [0.2, 0.25) is 0 Å². The minimum absolute atomic E-state index is 0.203. The number of carboxylic acids is 1. The third-order valence-electron chi connectivity index (χ3n) is 2.84. The maximum atomic E-state index is 10.9. The van der Waals surface area contributed by atoms with Gasteiger partial charge in [-0.25, -0.2) is 14.8 Å². The molecule has 1 aromatic heterocycles. The number of carbonyl (C=O) groups is 1. The van der Waals surface area contributed by atoms with Gasteiger partial charge in [0.2, 0.25) is 5.88 Å². The lowest BCUT2D eigenvalue weighted by Crippen LogP contribution is -2.15. The van der Waals surface area contributed by atoms with Crippen LogP contribution in [0.1, 0.15) is 16.8 Å². The minimum Gasteiger partial charge on any atom is -0.478 e.